The summed E-state index contributed by atoms with van der Waals surface area (Å²) in [6.07, 6.45) is 3.85. The Morgan fingerprint density at radius 3 is 2.30 bits per heavy atom. The number of allylic oxidation sites excluding steroid dienone is 7. The molecule has 12 nitrogen and oxygen atoms in total. The van der Waals surface area contributed by atoms with Crippen LogP contribution in [0.1, 0.15) is 0 Å². The average molecular weight is 453 g/mol. The molecule has 0 unspecified atom stereocenters. The van der Waals surface area contributed by atoms with E-state index in [1.807, 2.05) is 0 Å². The number of hydrogen-bond acceptors (Lipinski definition) is 8. The van der Waals surface area contributed by atoms with Crippen molar-refractivity contribution in [3.05, 3.63) is 80.4 Å². The van der Waals surface area contributed by atoms with Gasteiger partial charge in [-0.15, -0.1) is 5.11 Å². The maximum Gasteiger partial charge on any atom is 0.298 e. The molecule has 0 aliphatic heterocycles. The van der Waals surface area contributed by atoms with Crippen molar-refractivity contribution < 1.29 is 36.0 Å². The Bertz CT molecular complexity index is 1360. The molecule has 0 atom stereocenters. The zero-order valence-electron chi connectivity index (χ0n) is 14.6. The number of azo groups is 1. The van der Waals surface area contributed by atoms with Gasteiger partial charge in [-0.05, 0) is 29.9 Å². The fourth-order valence-electron chi connectivity index (χ4n) is 2.55. The number of fused-ring (bicyclic) bond motifs is 1. The van der Waals surface area contributed by atoms with Crippen LogP contribution in [-0.2, 0) is 25.0 Å². The van der Waals surface area contributed by atoms with Crippen LogP contribution in [0, 0.1) is 10.1 Å². The van der Waals surface area contributed by atoms with Crippen LogP contribution in [0.5, 0.6) is 0 Å². The zero-order chi connectivity index (χ0) is 22.3. The minimum Gasteiger partial charge on any atom is -0.293 e. The molecule has 2 aliphatic rings. The number of nitro benzene ring substituents is 1. The Morgan fingerprint density at radius 1 is 1.00 bits per heavy atom. The van der Waals surface area contributed by atoms with Gasteiger partial charge in [0.25, 0.3) is 15.8 Å². The molecule has 0 heterocycles. The Kier molecular flexibility index (Phi) is 5.36. The predicted octanol–water partition coefficient (Wildman–Crippen LogP) is 2.19. The lowest BCUT2D eigenvalue weighted by atomic mass is 9.92. The SMILES string of the molecule is O=C1C(S(=O)(=O)O)=CC2=CC(=S(=O)(O)O)C=CC2=C1N=Nc1cccc([N+](=O)[O-])c1. The largest absolute Gasteiger partial charge is 0.298 e. The van der Waals surface area contributed by atoms with Crippen molar-refractivity contribution >= 4 is 42.2 Å². The van der Waals surface area contributed by atoms with Gasteiger partial charge in [0.15, 0.2) is 0 Å². The molecule has 30 heavy (non-hydrogen) atoms. The quantitative estimate of drug-likeness (QED) is 0.201. The van der Waals surface area contributed by atoms with Gasteiger partial charge in [0.2, 0.25) is 15.9 Å². The van der Waals surface area contributed by atoms with E-state index < -0.39 is 46.4 Å². The first-order valence-electron chi connectivity index (χ1n) is 7.78. The van der Waals surface area contributed by atoms with E-state index in [-0.39, 0.29) is 22.5 Å². The molecule has 0 spiro atoms. The van der Waals surface area contributed by atoms with Crippen LogP contribution < -0.4 is 0 Å². The topological polar surface area (TPSA) is 197 Å². The van der Waals surface area contributed by atoms with E-state index in [1.54, 1.807) is 0 Å². The van der Waals surface area contributed by atoms with Crippen molar-refractivity contribution in [3.8, 4) is 0 Å². The zero-order valence-corrected chi connectivity index (χ0v) is 16.2. The van der Waals surface area contributed by atoms with Crippen LogP contribution in [-0.4, -0.2) is 41.9 Å². The number of Topliss-reactive ketones (excluding diaryl/α,β-unsaturated/α-hetero) is 1. The smallest absolute Gasteiger partial charge is 0.293 e. The van der Waals surface area contributed by atoms with Crippen LogP contribution in [0.4, 0.5) is 11.4 Å². The van der Waals surface area contributed by atoms with E-state index in [2.05, 4.69) is 10.2 Å². The molecular weight excluding hydrogens is 442 g/mol. The molecule has 14 heteroatoms. The lowest BCUT2D eigenvalue weighted by molar-refractivity contribution is -0.384. The number of non-ortho nitro benzene ring substituents is 1. The molecule has 0 amide bonds. The molecule has 0 bridgehead atoms. The van der Waals surface area contributed by atoms with E-state index >= 15 is 0 Å². The van der Waals surface area contributed by atoms with Crippen molar-refractivity contribution in [1.29, 1.82) is 0 Å². The van der Waals surface area contributed by atoms with Crippen LogP contribution in [0.15, 0.2) is 80.5 Å². The Morgan fingerprint density at radius 2 is 1.70 bits per heavy atom. The van der Waals surface area contributed by atoms with Crippen molar-refractivity contribution in [2.45, 2.75) is 0 Å². The third-order valence-corrected chi connectivity index (χ3v) is 5.62. The van der Waals surface area contributed by atoms with Crippen LogP contribution in [0.25, 0.3) is 0 Å². The highest BCUT2D eigenvalue weighted by Crippen LogP contribution is 2.33. The van der Waals surface area contributed by atoms with Crippen LogP contribution in [0.3, 0.4) is 0 Å². The number of nitrogens with zero attached hydrogens (tertiary/aromatic N) is 3. The van der Waals surface area contributed by atoms with Gasteiger partial charge in [0, 0.05) is 17.7 Å². The summed E-state index contributed by atoms with van der Waals surface area (Å²) in [5.41, 5.74) is -0.965. The monoisotopic (exact) mass is 453 g/mol. The Balaban J connectivity index is 2.17. The second-order valence-electron chi connectivity index (χ2n) is 5.88. The van der Waals surface area contributed by atoms with E-state index in [4.69, 9.17) is 0 Å². The molecular formula is C16H11N3O9S2. The lowest BCUT2D eigenvalue weighted by Gasteiger charge is -2.18. The first kappa shape index (κ1) is 21.4. The third kappa shape index (κ3) is 4.32. The summed E-state index contributed by atoms with van der Waals surface area (Å²) in [5, 5.41) is 18.3. The van der Waals surface area contributed by atoms with Gasteiger partial charge >= 0.3 is 0 Å². The molecule has 1 aromatic carbocycles. The van der Waals surface area contributed by atoms with Gasteiger partial charge in [0.05, 0.1) is 15.5 Å². The maximum absolute atomic E-state index is 12.6. The molecule has 0 aromatic heterocycles. The van der Waals surface area contributed by atoms with Crippen molar-refractivity contribution in [2.75, 3.05) is 0 Å². The van der Waals surface area contributed by atoms with Gasteiger partial charge in [-0.1, -0.05) is 12.1 Å². The molecule has 1 aromatic rings. The highest BCUT2D eigenvalue weighted by molar-refractivity contribution is 7.92. The average Bonchev–Trinajstić information content (AvgIpc) is 2.65. The molecule has 3 N–H and O–H groups in total. The summed E-state index contributed by atoms with van der Waals surface area (Å²) in [5.74, 6) is -1.21. The molecule has 0 radical (unpaired) electrons. The molecule has 0 saturated heterocycles. The number of ketones is 1. The molecule has 0 fully saturated rings. The number of hydrogen-bond donors (Lipinski definition) is 3. The van der Waals surface area contributed by atoms with Crippen LogP contribution >= 0.6 is 0 Å². The first-order valence-corrected chi connectivity index (χ1v) is 10.7. The minimum atomic E-state index is -5.00. The van der Waals surface area contributed by atoms with Gasteiger partial charge in [-0.3, -0.25) is 28.6 Å². The second kappa shape index (κ2) is 7.51. The number of nitro groups is 1. The summed E-state index contributed by atoms with van der Waals surface area (Å²) in [7, 11) is -9.39. The van der Waals surface area contributed by atoms with Crippen molar-refractivity contribution in [1.82, 2.24) is 0 Å². The normalized spacial score (nSPS) is 17.2. The highest BCUT2D eigenvalue weighted by atomic mass is 32.2. The maximum atomic E-state index is 12.6. The van der Waals surface area contributed by atoms with Gasteiger partial charge in [-0.25, -0.2) is 4.21 Å². The summed E-state index contributed by atoms with van der Waals surface area (Å²) in [6.45, 7) is 0. The lowest BCUT2D eigenvalue weighted by Crippen LogP contribution is -2.21. The number of rotatable bonds is 4. The molecule has 0 saturated carbocycles. The highest BCUT2D eigenvalue weighted by Gasteiger charge is 2.34. The number of benzene rings is 1. The van der Waals surface area contributed by atoms with Gasteiger partial charge < -0.3 is 0 Å². The summed E-state index contributed by atoms with van der Waals surface area (Å²) >= 11 is 0. The van der Waals surface area contributed by atoms with Gasteiger partial charge in [0.1, 0.15) is 10.6 Å². The molecule has 156 valence electrons. The Hall–Kier alpha value is -3.30. The first-order chi connectivity index (χ1) is 13.9. The minimum absolute atomic E-state index is 0.00557. The number of carbonyl (C=O) groups excluding carboxylic acids is 1. The summed E-state index contributed by atoms with van der Waals surface area (Å²) in [6, 6.07) is 4.94. The van der Waals surface area contributed by atoms with Crippen molar-refractivity contribution in [2.24, 2.45) is 10.2 Å². The van der Waals surface area contributed by atoms with Crippen LogP contribution in [0.2, 0.25) is 0 Å². The summed E-state index contributed by atoms with van der Waals surface area (Å²) < 4.78 is 62.5. The van der Waals surface area contributed by atoms with Gasteiger partial charge in [-0.2, -0.15) is 13.5 Å². The predicted molar refractivity (Wildman–Crippen MR) is 105 cm³/mol. The molecule has 3 rings (SSSR count). The second-order valence-corrected chi connectivity index (χ2v) is 8.74. The van der Waals surface area contributed by atoms with Crippen molar-refractivity contribution in [3.63, 3.8) is 0 Å². The van der Waals surface area contributed by atoms with E-state index in [0.717, 1.165) is 30.4 Å². The fourth-order valence-corrected chi connectivity index (χ4v) is 3.69. The Labute approximate surface area is 169 Å². The fraction of sp³-hybridized carbons (Fsp3) is 0. The van der Waals surface area contributed by atoms with E-state index in [1.165, 1.54) is 18.2 Å². The van der Waals surface area contributed by atoms with E-state index in [9.17, 15) is 41.2 Å². The van der Waals surface area contributed by atoms with E-state index in [0.29, 0.717) is 0 Å². The molecule has 2 aliphatic carbocycles. The number of carbonyl (C=O) groups is 1. The third-order valence-electron chi connectivity index (χ3n) is 3.89. The summed E-state index contributed by atoms with van der Waals surface area (Å²) in [4.78, 5) is 21.2. The standard InChI is InChI=1S/C16H11N3O9S2/c20-16-14(30(26,27)28)7-9-6-12(29(23,24)25)4-5-13(9)15(16)18-17-10-2-1-3-11(8-10)19(21)22/h1-8H,(H2,23,24,25)(H,26,27,28).